The normalized spacial score (nSPS) is 13.1. The van der Waals surface area contributed by atoms with Crippen LogP contribution in [0.1, 0.15) is 18.5 Å². The lowest BCUT2D eigenvalue weighted by molar-refractivity contribution is 0.567. The second kappa shape index (κ2) is 6.19. The maximum Gasteiger partial charge on any atom is 0.244 e. The van der Waals surface area contributed by atoms with E-state index in [0.29, 0.717) is 5.69 Å². The van der Waals surface area contributed by atoms with E-state index in [2.05, 4.69) is 9.71 Å². The topological polar surface area (TPSA) is 85.1 Å². The summed E-state index contributed by atoms with van der Waals surface area (Å²) < 4.78 is 27.4. The Hall–Kier alpha value is -1.34. The lowest BCUT2D eigenvalue weighted by atomic mass is 10.2. The van der Waals surface area contributed by atoms with Crippen LogP contribution in [0.2, 0.25) is 10.0 Å². The number of rotatable bonds is 4. The first kappa shape index (κ1) is 16.0. The SMILES string of the molecule is CC(NS(=O)(=O)c1c(Cl)cc(N)cc1Cl)c1cccnc1. The number of benzene rings is 1. The van der Waals surface area contributed by atoms with E-state index in [1.165, 1.54) is 12.1 Å². The van der Waals surface area contributed by atoms with Gasteiger partial charge in [0.15, 0.2) is 0 Å². The first-order valence-corrected chi connectivity index (χ1v) is 8.22. The minimum absolute atomic E-state index is 0.0223. The zero-order valence-electron chi connectivity index (χ0n) is 11.0. The lowest BCUT2D eigenvalue weighted by Gasteiger charge is -2.16. The number of hydrogen-bond donors (Lipinski definition) is 2. The number of anilines is 1. The molecule has 21 heavy (non-hydrogen) atoms. The third-order valence-corrected chi connectivity index (χ3v) is 5.27. The molecule has 2 aromatic rings. The van der Waals surface area contributed by atoms with Crippen molar-refractivity contribution in [1.29, 1.82) is 0 Å². The first-order valence-electron chi connectivity index (χ1n) is 5.98. The molecule has 0 spiro atoms. The van der Waals surface area contributed by atoms with Crippen LogP contribution in [0.15, 0.2) is 41.6 Å². The van der Waals surface area contributed by atoms with Gasteiger partial charge >= 0.3 is 0 Å². The molecule has 0 radical (unpaired) electrons. The fraction of sp³-hybridized carbons (Fsp3) is 0.154. The van der Waals surface area contributed by atoms with Gasteiger partial charge in [0.05, 0.1) is 10.0 Å². The van der Waals surface area contributed by atoms with Crippen molar-refractivity contribution in [2.75, 3.05) is 5.73 Å². The summed E-state index contributed by atoms with van der Waals surface area (Å²) in [5.74, 6) is 0. The van der Waals surface area contributed by atoms with E-state index in [0.717, 1.165) is 5.56 Å². The highest BCUT2D eigenvalue weighted by atomic mass is 35.5. The molecule has 0 saturated heterocycles. The van der Waals surface area contributed by atoms with Crippen molar-refractivity contribution in [3.63, 3.8) is 0 Å². The second-order valence-corrected chi connectivity index (χ2v) is 6.91. The van der Waals surface area contributed by atoms with Crippen molar-refractivity contribution in [1.82, 2.24) is 9.71 Å². The van der Waals surface area contributed by atoms with Crippen molar-refractivity contribution < 1.29 is 8.42 Å². The van der Waals surface area contributed by atoms with Crippen LogP contribution in [0.3, 0.4) is 0 Å². The summed E-state index contributed by atoms with van der Waals surface area (Å²) in [6.07, 6.45) is 3.19. The van der Waals surface area contributed by atoms with Crippen molar-refractivity contribution >= 4 is 38.9 Å². The molecule has 112 valence electrons. The standard InChI is InChI=1S/C13H13Cl2N3O2S/c1-8(9-3-2-4-17-7-9)18-21(19,20)13-11(14)5-10(16)6-12(13)15/h2-8,18H,16H2,1H3. The average molecular weight is 346 g/mol. The molecular weight excluding hydrogens is 333 g/mol. The summed E-state index contributed by atoms with van der Waals surface area (Å²) in [5.41, 5.74) is 6.59. The van der Waals surface area contributed by atoms with Crippen molar-refractivity contribution in [3.8, 4) is 0 Å². The van der Waals surface area contributed by atoms with Gasteiger partial charge in [-0.2, -0.15) is 0 Å². The fourth-order valence-electron chi connectivity index (χ4n) is 1.83. The molecule has 0 saturated carbocycles. The van der Waals surface area contributed by atoms with E-state index >= 15 is 0 Å². The van der Waals surface area contributed by atoms with Crippen molar-refractivity contribution in [2.45, 2.75) is 17.9 Å². The Morgan fingerprint density at radius 1 is 1.29 bits per heavy atom. The summed E-state index contributed by atoms with van der Waals surface area (Å²) in [7, 11) is -3.88. The third kappa shape index (κ3) is 3.65. The Kier molecular flexibility index (Phi) is 4.73. The summed E-state index contributed by atoms with van der Waals surface area (Å²) in [6, 6.07) is 5.71. The van der Waals surface area contributed by atoms with Gasteiger partial charge in [-0.3, -0.25) is 4.98 Å². The van der Waals surface area contributed by atoms with Crippen LogP contribution in [0.25, 0.3) is 0 Å². The maximum atomic E-state index is 12.4. The molecular formula is C13H13Cl2N3O2S. The molecule has 0 fully saturated rings. The van der Waals surface area contributed by atoms with E-state index < -0.39 is 16.1 Å². The van der Waals surface area contributed by atoms with Crippen LogP contribution in [0.5, 0.6) is 0 Å². The maximum absolute atomic E-state index is 12.4. The summed E-state index contributed by atoms with van der Waals surface area (Å²) >= 11 is 11.9. The number of nitrogens with zero attached hydrogens (tertiary/aromatic N) is 1. The molecule has 1 unspecified atom stereocenters. The zero-order valence-corrected chi connectivity index (χ0v) is 13.4. The van der Waals surface area contributed by atoms with Crippen molar-refractivity contribution in [2.24, 2.45) is 0 Å². The van der Waals surface area contributed by atoms with Gasteiger partial charge in [-0.25, -0.2) is 13.1 Å². The molecule has 0 aliphatic rings. The number of nitrogens with two attached hydrogens (primary N) is 1. The van der Waals surface area contributed by atoms with Gasteiger partial charge < -0.3 is 5.73 Å². The molecule has 0 aliphatic heterocycles. The third-order valence-electron chi connectivity index (χ3n) is 2.81. The first-order chi connectivity index (χ1) is 9.81. The molecule has 3 N–H and O–H groups in total. The number of pyridine rings is 1. The Balaban J connectivity index is 2.36. The minimum atomic E-state index is -3.88. The van der Waals surface area contributed by atoms with Crippen LogP contribution in [0, 0.1) is 0 Å². The van der Waals surface area contributed by atoms with Gasteiger partial charge in [-0.15, -0.1) is 0 Å². The monoisotopic (exact) mass is 345 g/mol. The van der Waals surface area contributed by atoms with Gasteiger partial charge in [0.2, 0.25) is 10.0 Å². The number of nitrogen functional groups attached to an aromatic ring is 1. The predicted molar refractivity (Wildman–Crippen MR) is 83.8 cm³/mol. The van der Waals surface area contributed by atoms with Crippen molar-refractivity contribution in [3.05, 3.63) is 52.3 Å². The van der Waals surface area contributed by atoms with E-state index in [9.17, 15) is 8.42 Å². The summed E-state index contributed by atoms with van der Waals surface area (Å²) in [5, 5.41) is -0.0447. The lowest BCUT2D eigenvalue weighted by Crippen LogP contribution is -2.27. The second-order valence-electron chi connectivity index (χ2n) is 4.44. The molecule has 0 aliphatic carbocycles. The number of hydrogen-bond acceptors (Lipinski definition) is 4. The zero-order chi connectivity index (χ0) is 15.6. The Morgan fingerprint density at radius 2 is 1.90 bits per heavy atom. The highest BCUT2D eigenvalue weighted by Crippen LogP contribution is 2.32. The average Bonchev–Trinajstić information content (AvgIpc) is 2.37. The van der Waals surface area contributed by atoms with Gasteiger partial charge in [0.25, 0.3) is 0 Å². The molecule has 5 nitrogen and oxygen atoms in total. The molecule has 0 bridgehead atoms. The molecule has 0 amide bonds. The smallest absolute Gasteiger partial charge is 0.244 e. The number of halogens is 2. The molecule has 1 aromatic heterocycles. The minimum Gasteiger partial charge on any atom is -0.399 e. The van der Waals surface area contributed by atoms with Gasteiger partial charge in [0.1, 0.15) is 4.90 Å². The molecule has 1 aromatic carbocycles. The molecule has 2 rings (SSSR count). The van der Waals surface area contributed by atoms with E-state index in [1.807, 2.05) is 0 Å². The Labute approximate surface area is 133 Å². The van der Waals surface area contributed by atoms with Crippen LogP contribution in [-0.2, 0) is 10.0 Å². The van der Waals surface area contributed by atoms with Crippen LogP contribution in [0.4, 0.5) is 5.69 Å². The van der Waals surface area contributed by atoms with Crippen LogP contribution < -0.4 is 10.5 Å². The van der Waals surface area contributed by atoms with Gasteiger partial charge in [-0.05, 0) is 30.7 Å². The Bertz CT molecular complexity index is 728. The molecule has 1 heterocycles. The molecule has 8 heteroatoms. The summed E-state index contributed by atoms with van der Waals surface area (Å²) in [6.45, 7) is 1.70. The highest BCUT2D eigenvalue weighted by molar-refractivity contribution is 7.89. The van der Waals surface area contributed by atoms with E-state index in [4.69, 9.17) is 28.9 Å². The fourth-order valence-corrected chi connectivity index (χ4v) is 4.29. The van der Waals surface area contributed by atoms with Gasteiger partial charge in [-0.1, -0.05) is 29.3 Å². The quantitative estimate of drug-likeness (QED) is 0.834. The largest absolute Gasteiger partial charge is 0.399 e. The Morgan fingerprint density at radius 3 is 2.43 bits per heavy atom. The number of sulfonamides is 1. The highest BCUT2D eigenvalue weighted by Gasteiger charge is 2.24. The van der Waals surface area contributed by atoms with Crippen LogP contribution in [-0.4, -0.2) is 13.4 Å². The predicted octanol–water partition coefficient (Wildman–Crippen LogP) is 3.01. The number of nitrogens with one attached hydrogen (secondary N) is 1. The van der Waals surface area contributed by atoms with Gasteiger partial charge in [0, 0.05) is 24.1 Å². The number of aromatic nitrogens is 1. The summed E-state index contributed by atoms with van der Waals surface area (Å²) in [4.78, 5) is 3.77. The van der Waals surface area contributed by atoms with Crippen LogP contribution >= 0.6 is 23.2 Å². The molecule has 1 atom stereocenters. The van der Waals surface area contributed by atoms with E-state index in [-0.39, 0.29) is 14.9 Å². The van der Waals surface area contributed by atoms with E-state index in [1.54, 1.807) is 31.5 Å².